The lowest BCUT2D eigenvalue weighted by molar-refractivity contribution is 0.215. The fourth-order valence-electron chi connectivity index (χ4n) is 0.385. The summed E-state index contributed by atoms with van der Waals surface area (Å²) in [5, 5.41) is 7.00. The average Bonchev–Trinajstić information content (AvgIpc) is 2.46. The SMILES string of the molecule is CC.CCC.CCOC.CO.c1ccccc1. The van der Waals surface area contributed by atoms with E-state index in [1.807, 2.05) is 57.2 Å². The molecule has 0 unspecified atom stereocenters. The quantitative estimate of drug-likeness (QED) is 0.794. The van der Waals surface area contributed by atoms with Crippen LogP contribution in [0.1, 0.15) is 41.0 Å². The highest BCUT2D eigenvalue weighted by atomic mass is 16.5. The van der Waals surface area contributed by atoms with E-state index in [-0.39, 0.29) is 0 Å². The lowest BCUT2D eigenvalue weighted by Gasteiger charge is -1.76. The van der Waals surface area contributed by atoms with Crippen molar-refractivity contribution in [2.24, 2.45) is 0 Å². The predicted molar refractivity (Wildman–Crippen MR) is 79.4 cm³/mol. The maximum atomic E-state index is 7.00. The third kappa shape index (κ3) is 69.3. The second-order valence-electron chi connectivity index (χ2n) is 2.44. The summed E-state index contributed by atoms with van der Waals surface area (Å²) >= 11 is 0. The fraction of sp³-hybridized carbons (Fsp3) is 0.600. The van der Waals surface area contributed by atoms with E-state index in [1.54, 1.807) is 7.11 Å². The van der Waals surface area contributed by atoms with E-state index in [2.05, 4.69) is 18.6 Å². The summed E-state index contributed by atoms with van der Waals surface area (Å²) in [6.07, 6.45) is 1.25. The van der Waals surface area contributed by atoms with Crippen LogP contribution in [0.5, 0.6) is 0 Å². The van der Waals surface area contributed by atoms with Gasteiger partial charge in [0, 0.05) is 20.8 Å². The van der Waals surface area contributed by atoms with Gasteiger partial charge in [-0.15, -0.1) is 0 Å². The zero-order chi connectivity index (χ0) is 14.4. The third-order valence-electron chi connectivity index (χ3n) is 0.955. The molecule has 0 atom stereocenters. The number of ether oxygens (including phenoxy) is 1. The van der Waals surface area contributed by atoms with Crippen molar-refractivity contribution < 1.29 is 9.84 Å². The van der Waals surface area contributed by atoms with Crippen molar-refractivity contribution in [2.45, 2.75) is 41.0 Å². The maximum Gasteiger partial charge on any atom is 0.0433 e. The Morgan fingerprint density at radius 3 is 0.941 bits per heavy atom. The first-order valence-corrected chi connectivity index (χ1v) is 6.27. The lowest BCUT2D eigenvalue weighted by Crippen LogP contribution is -1.73. The van der Waals surface area contributed by atoms with E-state index in [9.17, 15) is 0 Å². The normalized spacial score (nSPS) is 6.35. The predicted octanol–water partition coefficient (Wildman–Crippen LogP) is 4.39. The Labute approximate surface area is 109 Å². The van der Waals surface area contributed by atoms with Crippen LogP contribution >= 0.6 is 0 Å². The van der Waals surface area contributed by atoms with Crippen LogP contribution in [0.2, 0.25) is 0 Å². The fourth-order valence-corrected chi connectivity index (χ4v) is 0.385. The minimum absolute atomic E-state index is 0.819. The van der Waals surface area contributed by atoms with Gasteiger partial charge in [0.2, 0.25) is 0 Å². The van der Waals surface area contributed by atoms with Gasteiger partial charge in [-0.25, -0.2) is 0 Å². The molecular weight excluding hydrogens is 212 g/mol. The number of aliphatic hydroxyl groups is 1. The van der Waals surface area contributed by atoms with Crippen molar-refractivity contribution in [1.29, 1.82) is 0 Å². The molecule has 2 nitrogen and oxygen atoms in total. The van der Waals surface area contributed by atoms with E-state index in [1.165, 1.54) is 6.42 Å². The second-order valence-corrected chi connectivity index (χ2v) is 2.44. The van der Waals surface area contributed by atoms with Crippen LogP contribution in [-0.4, -0.2) is 25.9 Å². The average molecular weight is 244 g/mol. The van der Waals surface area contributed by atoms with E-state index in [0.717, 1.165) is 13.7 Å². The van der Waals surface area contributed by atoms with Crippen LogP contribution in [0.4, 0.5) is 0 Å². The Balaban J connectivity index is -0.0000000684. The molecule has 1 aromatic carbocycles. The molecule has 2 heteroatoms. The minimum atomic E-state index is 0.819. The number of hydrogen-bond acceptors (Lipinski definition) is 2. The second kappa shape index (κ2) is 45.7. The molecule has 0 heterocycles. The highest BCUT2D eigenvalue weighted by Crippen LogP contribution is 1.79. The molecule has 0 bridgehead atoms. The van der Waals surface area contributed by atoms with Crippen molar-refractivity contribution in [3.63, 3.8) is 0 Å². The monoisotopic (exact) mass is 244 g/mol. The summed E-state index contributed by atoms with van der Waals surface area (Å²) in [6, 6.07) is 12.0. The molecule has 17 heavy (non-hydrogen) atoms. The van der Waals surface area contributed by atoms with Crippen LogP contribution in [-0.2, 0) is 4.74 Å². The number of benzene rings is 1. The molecule has 0 radical (unpaired) electrons. The van der Waals surface area contributed by atoms with Gasteiger partial charge in [-0.05, 0) is 6.92 Å². The van der Waals surface area contributed by atoms with Gasteiger partial charge in [0.05, 0.1) is 0 Å². The highest BCUT2D eigenvalue weighted by Gasteiger charge is 1.57. The molecule has 0 fully saturated rings. The van der Waals surface area contributed by atoms with Gasteiger partial charge >= 0.3 is 0 Å². The zero-order valence-corrected chi connectivity index (χ0v) is 12.7. The molecule has 1 aromatic rings. The van der Waals surface area contributed by atoms with Crippen LogP contribution in [0.3, 0.4) is 0 Å². The first-order chi connectivity index (χ1) is 8.33. The standard InChI is InChI=1S/C6H6.C3H8O.C3H8.C2H6.CH4O/c1-2-4-6-5-3-1;1-3-4-2;1-3-2;2*1-2/h1-6H;3H2,1-2H3;3H2,1-2H3;1-2H3;2H,1H3. The topological polar surface area (TPSA) is 29.5 Å². The molecular formula is C15H32O2. The molecule has 1 N–H and O–H groups in total. The van der Waals surface area contributed by atoms with E-state index < -0.39 is 0 Å². The molecule has 104 valence electrons. The molecule has 0 amide bonds. The Morgan fingerprint density at radius 1 is 0.765 bits per heavy atom. The van der Waals surface area contributed by atoms with Gasteiger partial charge in [0.25, 0.3) is 0 Å². The summed E-state index contributed by atoms with van der Waals surface area (Å²) in [6.45, 7) is 11.0. The van der Waals surface area contributed by atoms with Crippen LogP contribution in [0, 0.1) is 0 Å². The van der Waals surface area contributed by atoms with Gasteiger partial charge in [0.1, 0.15) is 0 Å². The summed E-state index contributed by atoms with van der Waals surface area (Å²) in [5.41, 5.74) is 0. The number of aliphatic hydroxyl groups excluding tert-OH is 1. The molecule has 1 rings (SSSR count). The van der Waals surface area contributed by atoms with Crippen LogP contribution < -0.4 is 0 Å². The van der Waals surface area contributed by atoms with E-state index >= 15 is 0 Å². The van der Waals surface area contributed by atoms with Gasteiger partial charge in [-0.1, -0.05) is 70.5 Å². The summed E-state index contributed by atoms with van der Waals surface area (Å²) < 4.78 is 4.54. The van der Waals surface area contributed by atoms with Crippen molar-refractivity contribution >= 4 is 0 Å². The Kier molecular flexibility index (Phi) is 67.5. The lowest BCUT2D eigenvalue weighted by atomic mass is 10.4. The smallest absolute Gasteiger partial charge is 0.0433 e. The molecule has 0 aliphatic carbocycles. The third-order valence-corrected chi connectivity index (χ3v) is 0.955. The minimum Gasteiger partial charge on any atom is -0.400 e. The molecule has 0 saturated carbocycles. The highest BCUT2D eigenvalue weighted by molar-refractivity contribution is 4.99. The van der Waals surface area contributed by atoms with E-state index in [4.69, 9.17) is 5.11 Å². The Bertz CT molecular complexity index is 112. The van der Waals surface area contributed by atoms with Crippen molar-refractivity contribution in [3.8, 4) is 0 Å². The zero-order valence-electron chi connectivity index (χ0n) is 12.7. The molecule has 0 saturated heterocycles. The largest absolute Gasteiger partial charge is 0.400 e. The van der Waals surface area contributed by atoms with Gasteiger partial charge < -0.3 is 9.84 Å². The van der Waals surface area contributed by atoms with E-state index in [0.29, 0.717) is 0 Å². The number of methoxy groups -OCH3 is 1. The molecule has 0 spiro atoms. The van der Waals surface area contributed by atoms with Crippen LogP contribution in [0.25, 0.3) is 0 Å². The summed E-state index contributed by atoms with van der Waals surface area (Å²) in [4.78, 5) is 0. The van der Waals surface area contributed by atoms with Gasteiger partial charge in [-0.3, -0.25) is 0 Å². The summed E-state index contributed by atoms with van der Waals surface area (Å²) in [7, 11) is 2.68. The first kappa shape index (κ1) is 25.1. The molecule has 0 aliphatic heterocycles. The Hall–Kier alpha value is -0.860. The van der Waals surface area contributed by atoms with Gasteiger partial charge in [0.15, 0.2) is 0 Å². The van der Waals surface area contributed by atoms with Crippen molar-refractivity contribution in [2.75, 3.05) is 20.8 Å². The molecule has 0 aliphatic rings. The van der Waals surface area contributed by atoms with Gasteiger partial charge in [-0.2, -0.15) is 0 Å². The van der Waals surface area contributed by atoms with Crippen LogP contribution in [0.15, 0.2) is 36.4 Å². The van der Waals surface area contributed by atoms with Crippen molar-refractivity contribution in [3.05, 3.63) is 36.4 Å². The number of hydrogen-bond donors (Lipinski definition) is 1. The molecule has 0 aromatic heterocycles. The first-order valence-electron chi connectivity index (χ1n) is 6.27. The summed E-state index contributed by atoms with van der Waals surface area (Å²) in [5.74, 6) is 0. The maximum absolute atomic E-state index is 7.00. The Morgan fingerprint density at radius 2 is 0.882 bits per heavy atom. The van der Waals surface area contributed by atoms with Crippen molar-refractivity contribution in [1.82, 2.24) is 0 Å². The number of rotatable bonds is 1.